The second-order valence-electron chi connectivity index (χ2n) is 7.72. The summed E-state index contributed by atoms with van der Waals surface area (Å²) in [6, 6.07) is 17.9. The number of nitrogens with zero attached hydrogens (tertiary/aromatic N) is 4. The Hall–Kier alpha value is -3.45. The average Bonchev–Trinajstić information content (AvgIpc) is 3.47. The van der Waals surface area contributed by atoms with Gasteiger partial charge < -0.3 is 9.64 Å². The van der Waals surface area contributed by atoms with E-state index in [0.717, 1.165) is 27.4 Å². The maximum absolute atomic E-state index is 13.6. The Morgan fingerprint density at radius 3 is 2.62 bits per heavy atom. The molecule has 0 aliphatic heterocycles. The normalized spacial score (nSPS) is 11.8. The van der Waals surface area contributed by atoms with Gasteiger partial charge in [-0.25, -0.2) is 4.98 Å². The van der Waals surface area contributed by atoms with Crippen molar-refractivity contribution in [1.82, 2.24) is 19.7 Å². The molecule has 0 radical (unpaired) electrons. The van der Waals surface area contributed by atoms with Gasteiger partial charge in [0.1, 0.15) is 16.5 Å². The summed E-state index contributed by atoms with van der Waals surface area (Å²) in [6.07, 6.45) is 4.35. The highest BCUT2D eigenvalue weighted by Crippen LogP contribution is 2.26. The van der Waals surface area contributed by atoms with E-state index in [-0.39, 0.29) is 11.9 Å². The molecule has 4 aromatic rings. The molecule has 0 spiro atoms. The number of carbonyl (C=O) groups excluding carboxylic acids is 1. The smallest absolute Gasteiger partial charge is 0.273 e. The van der Waals surface area contributed by atoms with Gasteiger partial charge >= 0.3 is 0 Å². The Morgan fingerprint density at radius 2 is 1.91 bits per heavy atom. The number of hydrogen-bond donors (Lipinski definition) is 0. The molecule has 0 N–H and O–H groups in total. The highest BCUT2D eigenvalue weighted by atomic mass is 32.1. The minimum atomic E-state index is -0.0809. The zero-order valence-electron chi connectivity index (χ0n) is 18.4. The Kier molecular flexibility index (Phi) is 6.66. The summed E-state index contributed by atoms with van der Waals surface area (Å²) in [4.78, 5) is 20.1. The largest absolute Gasteiger partial charge is 0.496 e. The number of amides is 1. The highest BCUT2D eigenvalue weighted by molar-refractivity contribution is 7.13. The number of benzene rings is 2. The number of para-hydroxylation sites is 1. The van der Waals surface area contributed by atoms with Crippen molar-refractivity contribution >= 4 is 17.2 Å². The molecule has 4 rings (SSSR count). The van der Waals surface area contributed by atoms with Crippen LogP contribution in [0.25, 0.3) is 10.6 Å². The van der Waals surface area contributed by atoms with Gasteiger partial charge in [0.05, 0.1) is 13.3 Å². The van der Waals surface area contributed by atoms with Crippen molar-refractivity contribution in [3.8, 4) is 16.3 Å². The number of aromatic nitrogens is 3. The predicted octanol–water partition coefficient (Wildman–Crippen LogP) is 4.83. The molecule has 1 amide bonds. The van der Waals surface area contributed by atoms with E-state index < -0.39 is 0 Å². The molecule has 6 nitrogen and oxygen atoms in total. The lowest BCUT2D eigenvalue weighted by Gasteiger charge is -2.29. The minimum absolute atomic E-state index is 0.0532. The fourth-order valence-corrected chi connectivity index (χ4v) is 4.46. The molecule has 2 aromatic carbocycles. The minimum Gasteiger partial charge on any atom is -0.496 e. The lowest BCUT2D eigenvalue weighted by molar-refractivity contribution is 0.0669. The molecule has 0 saturated carbocycles. The van der Waals surface area contributed by atoms with Crippen LogP contribution in [0.1, 0.15) is 28.5 Å². The van der Waals surface area contributed by atoms with Gasteiger partial charge in [0.2, 0.25) is 0 Å². The van der Waals surface area contributed by atoms with Gasteiger partial charge in [0.15, 0.2) is 0 Å². The number of rotatable bonds is 8. The van der Waals surface area contributed by atoms with Crippen LogP contribution in [0.3, 0.4) is 0 Å². The number of hydrogen-bond acceptors (Lipinski definition) is 5. The lowest BCUT2D eigenvalue weighted by atomic mass is 10.0. The predicted molar refractivity (Wildman–Crippen MR) is 127 cm³/mol. The summed E-state index contributed by atoms with van der Waals surface area (Å²) in [5.41, 5.74) is 3.52. The third-order valence-corrected chi connectivity index (χ3v) is 6.26. The molecule has 2 heterocycles. The third-order valence-electron chi connectivity index (χ3n) is 5.37. The molecule has 1 unspecified atom stereocenters. The Morgan fingerprint density at radius 1 is 1.16 bits per heavy atom. The Labute approximate surface area is 192 Å². The van der Waals surface area contributed by atoms with Crippen molar-refractivity contribution in [2.45, 2.75) is 25.9 Å². The first-order valence-corrected chi connectivity index (χ1v) is 11.3. The van der Waals surface area contributed by atoms with Crippen LogP contribution in [0.15, 0.2) is 72.4 Å². The van der Waals surface area contributed by atoms with Gasteiger partial charge in [-0.2, -0.15) is 5.10 Å². The van der Waals surface area contributed by atoms with Crippen LogP contribution in [0.2, 0.25) is 0 Å². The fraction of sp³-hybridized carbons (Fsp3) is 0.240. The standard InChI is InChI=1S/C25H26N4O2S/c1-18(13-20-11-7-8-12-23(20)31-3)29(15-19-9-5-4-6-10-19)25(30)22-17-32-24(27-22)21-14-26-28(2)16-21/h4-12,14,16-18H,13,15H2,1-3H3. The maximum Gasteiger partial charge on any atom is 0.273 e. The monoisotopic (exact) mass is 446 g/mol. The van der Waals surface area contributed by atoms with Crippen molar-refractivity contribution in [2.24, 2.45) is 7.05 Å². The lowest BCUT2D eigenvalue weighted by Crippen LogP contribution is -2.39. The van der Waals surface area contributed by atoms with Gasteiger partial charge in [-0.15, -0.1) is 11.3 Å². The summed E-state index contributed by atoms with van der Waals surface area (Å²) in [5.74, 6) is 0.752. The van der Waals surface area contributed by atoms with Gasteiger partial charge in [-0.3, -0.25) is 9.48 Å². The highest BCUT2D eigenvalue weighted by Gasteiger charge is 2.25. The van der Waals surface area contributed by atoms with Crippen molar-refractivity contribution in [2.75, 3.05) is 7.11 Å². The van der Waals surface area contributed by atoms with Crippen LogP contribution in [0.4, 0.5) is 0 Å². The molecule has 32 heavy (non-hydrogen) atoms. The molecule has 164 valence electrons. The van der Waals surface area contributed by atoms with Crippen molar-refractivity contribution < 1.29 is 9.53 Å². The van der Waals surface area contributed by atoms with E-state index in [2.05, 4.69) is 17.0 Å². The van der Waals surface area contributed by atoms with E-state index in [1.807, 2.05) is 78.1 Å². The van der Waals surface area contributed by atoms with Crippen LogP contribution in [-0.2, 0) is 20.0 Å². The first-order valence-electron chi connectivity index (χ1n) is 10.5. The van der Waals surface area contributed by atoms with E-state index in [4.69, 9.17) is 4.74 Å². The van der Waals surface area contributed by atoms with E-state index in [0.29, 0.717) is 18.7 Å². The van der Waals surface area contributed by atoms with Crippen LogP contribution >= 0.6 is 11.3 Å². The molecular weight excluding hydrogens is 420 g/mol. The number of methoxy groups -OCH3 is 1. The Balaban J connectivity index is 1.61. The summed E-state index contributed by atoms with van der Waals surface area (Å²) in [5, 5.41) is 6.83. The van der Waals surface area contributed by atoms with Gasteiger partial charge in [0, 0.05) is 36.8 Å². The van der Waals surface area contributed by atoms with E-state index >= 15 is 0 Å². The molecule has 0 saturated heterocycles. The number of thiazole rings is 1. The molecule has 1 atom stereocenters. The second-order valence-corrected chi connectivity index (χ2v) is 8.58. The van der Waals surface area contributed by atoms with Crippen molar-refractivity contribution in [1.29, 1.82) is 0 Å². The van der Waals surface area contributed by atoms with Crippen LogP contribution in [0, 0.1) is 0 Å². The first-order chi connectivity index (χ1) is 15.5. The quantitative estimate of drug-likeness (QED) is 0.389. The van der Waals surface area contributed by atoms with E-state index in [1.165, 1.54) is 11.3 Å². The zero-order chi connectivity index (χ0) is 22.5. The summed E-state index contributed by atoms with van der Waals surface area (Å²) >= 11 is 1.46. The van der Waals surface area contributed by atoms with E-state index in [9.17, 15) is 4.79 Å². The molecule has 0 aliphatic carbocycles. The molecule has 0 aliphatic rings. The van der Waals surface area contributed by atoms with Crippen LogP contribution < -0.4 is 4.74 Å². The maximum atomic E-state index is 13.6. The molecule has 0 fully saturated rings. The number of ether oxygens (including phenoxy) is 1. The molecule has 7 heteroatoms. The summed E-state index contributed by atoms with van der Waals surface area (Å²) < 4.78 is 7.25. The summed E-state index contributed by atoms with van der Waals surface area (Å²) in [6.45, 7) is 2.58. The fourth-order valence-electron chi connectivity index (χ4n) is 3.69. The zero-order valence-corrected chi connectivity index (χ0v) is 19.2. The number of carbonyl (C=O) groups is 1. The summed E-state index contributed by atoms with van der Waals surface area (Å²) in [7, 11) is 3.54. The van der Waals surface area contributed by atoms with Crippen LogP contribution in [0.5, 0.6) is 5.75 Å². The van der Waals surface area contributed by atoms with Crippen molar-refractivity contribution in [3.63, 3.8) is 0 Å². The average molecular weight is 447 g/mol. The van der Waals surface area contributed by atoms with Gasteiger partial charge in [0.25, 0.3) is 5.91 Å². The SMILES string of the molecule is COc1ccccc1CC(C)N(Cc1ccccc1)C(=O)c1csc(-c2cnn(C)c2)n1. The molecular formula is C25H26N4O2S. The topological polar surface area (TPSA) is 60.2 Å². The first kappa shape index (κ1) is 21.8. The molecule has 0 bridgehead atoms. The van der Waals surface area contributed by atoms with E-state index in [1.54, 1.807) is 18.0 Å². The number of aryl methyl sites for hydroxylation is 1. The molecule has 2 aromatic heterocycles. The van der Waals surface area contributed by atoms with Crippen LogP contribution in [-0.4, -0.2) is 38.7 Å². The second kappa shape index (κ2) is 9.78. The van der Waals surface area contributed by atoms with Gasteiger partial charge in [-0.1, -0.05) is 48.5 Å². The van der Waals surface area contributed by atoms with Crippen molar-refractivity contribution in [3.05, 3.63) is 89.2 Å². The Bertz CT molecular complexity index is 1190. The van der Waals surface area contributed by atoms with Gasteiger partial charge in [-0.05, 0) is 30.5 Å². The third kappa shape index (κ3) is 4.89.